The van der Waals surface area contributed by atoms with Crippen molar-refractivity contribution in [2.75, 3.05) is 23.3 Å². The van der Waals surface area contributed by atoms with E-state index in [4.69, 9.17) is 12.2 Å². The van der Waals surface area contributed by atoms with E-state index in [0.29, 0.717) is 5.11 Å². The molecule has 1 fully saturated rings. The van der Waals surface area contributed by atoms with E-state index in [1.807, 2.05) is 25.1 Å². The molecule has 0 saturated carbocycles. The Bertz CT molecular complexity index is 744. The normalized spacial score (nSPS) is 18.3. The van der Waals surface area contributed by atoms with Gasteiger partial charge in [-0.2, -0.15) is 0 Å². The molecule has 1 aliphatic rings. The Morgan fingerprint density at radius 3 is 2.69 bits per heavy atom. The molecule has 0 unspecified atom stereocenters. The summed E-state index contributed by atoms with van der Waals surface area (Å²) in [6, 6.07) is 14.8. The average molecular weight is 369 g/mol. The number of aryl methyl sites for hydroxylation is 1. The molecule has 0 amide bonds. The number of piperidine rings is 1. The van der Waals surface area contributed by atoms with Gasteiger partial charge in [0.25, 0.3) is 0 Å². The van der Waals surface area contributed by atoms with Gasteiger partial charge in [-0.3, -0.25) is 0 Å². The number of hydrogen-bond donors (Lipinski definition) is 2. The van der Waals surface area contributed by atoms with Crippen molar-refractivity contribution < 1.29 is 0 Å². The Morgan fingerprint density at radius 2 is 2.00 bits per heavy atom. The van der Waals surface area contributed by atoms with E-state index < -0.39 is 0 Å². The van der Waals surface area contributed by atoms with Crippen LogP contribution in [0, 0.1) is 12.8 Å². The first-order chi connectivity index (χ1) is 12.5. The van der Waals surface area contributed by atoms with E-state index in [-0.39, 0.29) is 6.04 Å². The molecule has 3 rings (SSSR count). The molecule has 138 valence electrons. The van der Waals surface area contributed by atoms with Gasteiger partial charge in [0.05, 0.1) is 6.04 Å². The van der Waals surface area contributed by atoms with Crippen LogP contribution in [-0.2, 0) is 0 Å². The molecular weight excluding hydrogens is 340 g/mol. The topological polar surface area (TPSA) is 40.2 Å². The van der Waals surface area contributed by atoms with Crippen LogP contribution in [0.2, 0.25) is 0 Å². The summed E-state index contributed by atoms with van der Waals surface area (Å²) in [4.78, 5) is 6.91. The lowest BCUT2D eigenvalue weighted by molar-refractivity contribution is 0.447. The number of pyridine rings is 1. The summed E-state index contributed by atoms with van der Waals surface area (Å²) < 4.78 is 0. The highest BCUT2D eigenvalue weighted by molar-refractivity contribution is 7.80. The van der Waals surface area contributed by atoms with Crippen LogP contribution in [0.1, 0.15) is 44.0 Å². The van der Waals surface area contributed by atoms with Gasteiger partial charge in [-0.1, -0.05) is 25.1 Å². The lowest BCUT2D eigenvalue weighted by Crippen LogP contribution is -2.34. The van der Waals surface area contributed by atoms with Gasteiger partial charge < -0.3 is 15.5 Å². The molecule has 1 saturated heterocycles. The van der Waals surface area contributed by atoms with Crippen LogP contribution >= 0.6 is 12.2 Å². The average Bonchev–Trinajstić information content (AvgIpc) is 2.61. The first kappa shape index (κ1) is 18.6. The minimum absolute atomic E-state index is 0.133. The van der Waals surface area contributed by atoms with Gasteiger partial charge in [-0.05, 0) is 74.7 Å². The van der Waals surface area contributed by atoms with Crippen LogP contribution in [0.15, 0.2) is 42.5 Å². The maximum atomic E-state index is 5.43. The second kappa shape index (κ2) is 8.49. The molecular formula is C21H28N4S. The summed E-state index contributed by atoms with van der Waals surface area (Å²) >= 11 is 5.43. The van der Waals surface area contributed by atoms with Crippen molar-refractivity contribution in [2.24, 2.45) is 5.92 Å². The third-order valence-electron chi connectivity index (χ3n) is 4.89. The fraction of sp³-hybridized carbons (Fsp3) is 0.429. The molecule has 0 aliphatic carbocycles. The summed E-state index contributed by atoms with van der Waals surface area (Å²) in [5.41, 5.74) is 3.51. The highest BCUT2D eigenvalue weighted by Crippen LogP contribution is 2.24. The number of thiocarbonyl (C=S) groups is 1. The number of anilines is 2. The third kappa shape index (κ3) is 4.94. The summed E-state index contributed by atoms with van der Waals surface area (Å²) in [5.74, 6) is 1.55. The predicted octanol–water partition coefficient (Wildman–Crippen LogP) is 4.67. The maximum Gasteiger partial charge on any atom is 0.172 e. The number of nitrogens with zero attached hydrogens (tertiary/aromatic N) is 2. The number of hydrogen-bond acceptors (Lipinski definition) is 3. The van der Waals surface area contributed by atoms with Crippen LogP contribution < -0.4 is 15.5 Å². The van der Waals surface area contributed by atoms with Crippen LogP contribution in [0.5, 0.6) is 0 Å². The number of benzene rings is 1. The van der Waals surface area contributed by atoms with Gasteiger partial charge in [0.1, 0.15) is 5.82 Å². The fourth-order valence-corrected chi connectivity index (χ4v) is 3.72. The van der Waals surface area contributed by atoms with E-state index in [2.05, 4.69) is 58.6 Å². The lowest BCUT2D eigenvalue weighted by atomic mass is 9.99. The molecule has 26 heavy (non-hydrogen) atoms. The molecule has 2 aromatic rings. The Morgan fingerprint density at radius 1 is 1.23 bits per heavy atom. The molecule has 2 N–H and O–H groups in total. The van der Waals surface area contributed by atoms with Gasteiger partial charge in [-0.15, -0.1) is 0 Å². The quantitative estimate of drug-likeness (QED) is 0.767. The molecule has 2 atom stereocenters. The van der Waals surface area contributed by atoms with Crippen molar-refractivity contribution in [1.29, 1.82) is 0 Å². The summed E-state index contributed by atoms with van der Waals surface area (Å²) in [5, 5.41) is 7.08. The van der Waals surface area contributed by atoms with Gasteiger partial charge in [-0.25, -0.2) is 4.98 Å². The first-order valence-electron chi connectivity index (χ1n) is 9.37. The van der Waals surface area contributed by atoms with E-state index >= 15 is 0 Å². The Hall–Kier alpha value is -2.14. The molecule has 0 radical (unpaired) electrons. The first-order valence-corrected chi connectivity index (χ1v) is 9.78. The predicted molar refractivity (Wildman–Crippen MR) is 114 cm³/mol. The van der Waals surface area contributed by atoms with Crippen LogP contribution in [0.4, 0.5) is 11.5 Å². The maximum absolute atomic E-state index is 5.43. The summed E-state index contributed by atoms with van der Waals surface area (Å²) in [6.07, 6.45) is 2.63. The standard InChI is InChI=1S/C21H28N4S/c1-15-6-5-13-25(14-15)19-11-9-18(10-12-19)17(3)23-21(26)24-20-8-4-7-16(2)22-20/h4,7-12,15,17H,5-6,13-14H2,1-3H3,(H2,22,23,24,26)/t15-,17+/m0/s1. The molecule has 0 bridgehead atoms. The van der Waals surface area contributed by atoms with Crippen molar-refractivity contribution in [3.63, 3.8) is 0 Å². The third-order valence-corrected chi connectivity index (χ3v) is 5.11. The van der Waals surface area contributed by atoms with Crippen LogP contribution in [0.25, 0.3) is 0 Å². The molecule has 2 heterocycles. The van der Waals surface area contributed by atoms with Crippen molar-refractivity contribution >= 4 is 28.8 Å². The minimum Gasteiger partial charge on any atom is -0.371 e. The number of rotatable bonds is 4. The lowest BCUT2D eigenvalue weighted by Gasteiger charge is -2.33. The van der Waals surface area contributed by atoms with Gasteiger partial charge >= 0.3 is 0 Å². The van der Waals surface area contributed by atoms with Crippen molar-refractivity contribution in [1.82, 2.24) is 10.3 Å². The highest BCUT2D eigenvalue weighted by Gasteiger charge is 2.17. The fourth-order valence-electron chi connectivity index (χ4n) is 3.44. The summed E-state index contributed by atoms with van der Waals surface area (Å²) in [7, 11) is 0. The van der Waals surface area contributed by atoms with E-state index in [0.717, 1.165) is 30.5 Å². The molecule has 4 nitrogen and oxygen atoms in total. The van der Waals surface area contributed by atoms with Crippen molar-refractivity contribution in [3.8, 4) is 0 Å². The largest absolute Gasteiger partial charge is 0.371 e. The van der Waals surface area contributed by atoms with E-state index in [1.54, 1.807) is 0 Å². The Labute approximate surface area is 162 Å². The van der Waals surface area contributed by atoms with E-state index in [1.165, 1.54) is 24.1 Å². The van der Waals surface area contributed by atoms with Crippen molar-refractivity contribution in [3.05, 3.63) is 53.7 Å². The molecule has 5 heteroatoms. The minimum atomic E-state index is 0.133. The van der Waals surface area contributed by atoms with Crippen LogP contribution in [-0.4, -0.2) is 23.2 Å². The zero-order valence-corrected chi connectivity index (χ0v) is 16.6. The molecule has 1 aliphatic heterocycles. The molecule has 0 spiro atoms. The highest BCUT2D eigenvalue weighted by atomic mass is 32.1. The zero-order valence-electron chi connectivity index (χ0n) is 15.8. The summed E-state index contributed by atoms with van der Waals surface area (Å²) in [6.45, 7) is 8.74. The second-order valence-electron chi connectivity index (χ2n) is 7.27. The molecule has 1 aromatic carbocycles. The van der Waals surface area contributed by atoms with Gasteiger partial charge in [0.15, 0.2) is 5.11 Å². The Kier molecular flexibility index (Phi) is 6.09. The van der Waals surface area contributed by atoms with Gasteiger partial charge in [0.2, 0.25) is 0 Å². The monoisotopic (exact) mass is 368 g/mol. The number of aromatic nitrogens is 1. The molecule has 1 aromatic heterocycles. The van der Waals surface area contributed by atoms with Crippen LogP contribution in [0.3, 0.4) is 0 Å². The Balaban J connectivity index is 1.57. The van der Waals surface area contributed by atoms with Crippen molar-refractivity contribution in [2.45, 2.75) is 39.7 Å². The second-order valence-corrected chi connectivity index (χ2v) is 7.68. The number of nitrogens with one attached hydrogen (secondary N) is 2. The smallest absolute Gasteiger partial charge is 0.172 e. The SMILES string of the molecule is Cc1cccc(NC(=S)N[C@H](C)c2ccc(N3CCC[C@H](C)C3)cc2)n1. The zero-order chi connectivity index (χ0) is 18.5. The van der Waals surface area contributed by atoms with E-state index in [9.17, 15) is 0 Å². The van der Waals surface area contributed by atoms with Gasteiger partial charge in [0, 0.05) is 24.5 Å².